The first-order valence-corrected chi connectivity index (χ1v) is 11.4. The molecule has 4 heteroatoms. The lowest BCUT2D eigenvalue weighted by Crippen LogP contribution is -2.49. The van der Waals surface area contributed by atoms with Gasteiger partial charge in [-0.1, -0.05) is 20.8 Å². The minimum atomic E-state index is 0.112. The van der Waals surface area contributed by atoms with Gasteiger partial charge in [0.1, 0.15) is 5.78 Å². The number of carbonyl (C=O) groups excluding carboxylic acids is 2. The lowest BCUT2D eigenvalue weighted by molar-refractivity contribution is -0.131. The fraction of sp³-hybridized carbons (Fsp3) is 0.913. The zero-order valence-corrected chi connectivity index (χ0v) is 18.3. The van der Waals surface area contributed by atoms with E-state index in [1.54, 1.807) is 0 Å². The van der Waals surface area contributed by atoms with Crippen molar-refractivity contribution in [1.29, 1.82) is 0 Å². The van der Waals surface area contributed by atoms with E-state index in [-0.39, 0.29) is 29.2 Å². The Labute approximate surface area is 166 Å². The normalized spacial score (nSPS) is 30.6. The van der Waals surface area contributed by atoms with Crippen LogP contribution in [-0.2, 0) is 9.59 Å². The molecular formula is C23H42N2O2. The van der Waals surface area contributed by atoms with Gasteiger partial charge in [0.15, 0.2) is 0 Å². The fourth-order valence-corrected chi connectivity index (χ4v) is 4.60. The summed E-state index contributed by atoms with van der Waals surface area (Å²) in [5, 5.41) is 7.08. The summed E-state index contributed by atoms with van der Waals surface area (Å²) in [6.45, 7) is 10.9. The molecule has 156 valence electrons. The fourth-order valence-electron chi connectivity index (χ4n) is 4.60. The van der Waals surface area contributed by atoms with E-state index in [1.807, 2.05) is 6.92 Å². The molecule has 0 radical (unpaired) electrons. The van der Waals surface area contributed by atoms with Gasteiger partial charge in [0.2, 0.25) is 5.91 Å². The highest BCUT2D eigenvalue weighted by molar-refractivity contribution is 5.84. The number of hydrogen-bond donors (Lipinski definition) is 2. The number of hydrogen-bond acceptors (Lipinski definition) is 3. The summed E-state index contributed by atoms with van der Waals surface area (Å²) in [7, 11) is 0. The highest BCUT2D eigenvalue weighted by Gasteiger charge is 2.33. The maximum absolute atomic E-state index is 12.7. The smallest absolute Gasteiger partial charge is 0.223 e. The molecule has 2 saturated carbocycles. The molecule has 0 aromatic heterocycles. The van der Waals surface area contributed by atoms with Crippen molar-refractivity contribution in [2.45, 2.75) is 116 Å². The van der Waals surface area contributed by atoms with Crippen LogP contribution >= 0.6 is 0 Å². The molecule has 0 saturated heterocycles. The van der Waals surface area contributed by atoms with Crippen molar-refractivity contribution in [2.24, 2.45) is 17.8 Å². The van der Waals surface area contributed by atoms with Gasteiger partial charge in [-0.15, -0.1) is 0 Å². The quantitative estimate of drug-likeness (QED) is 0.648. The van der Waals surface area contributed by atoms with Gasteiger partial charge in [-0.3, -0.25) is 9.59 Å². The van der Waals surface area contributed by atoms with Gasteiger partial charge < -0.3 is 10.6 Å². The topological polar surface area (TPSA) is 58.2 Å². The largest absolute Gasteiger partial charge is 0.353 e. The van der Waals surface area contributed by atoms with Crippen LogP contribution in [0.1, 0.15) is 98.8 Å². The third-order valence-corrected chi connectivity index (χ3v) is 7.15. The first-order chi connectivity index (χ1) is 12.8. The third kappa shape index (κ3) is 6.58. The Morgan fingerprint density at radius 1 is 0.889 bits per heavy atom. The highest BCUT2D eigenvalue weighted by Crippen LogP contribution is 2.32. The molecule has 0 aromatic rings. The predicted molar refractivity (Wildman–Crippen MR) is 112 cm³/mol. The summed E-state index contributed by atoms with van der Waals surface area (Å²) in [6.07, 6.45) is 10.0. The zero-order chi connectivity index (χ0) is 20.0. The van der Waals surface area contributed by atoms with E-state index >= 15 is 0 Å². The zero-order valence-electron chi connectivity index (χ0n) is 18.3. The summed E-state index contributed by atoms with van der Waals surface area (Å²) in [5.74, 6) is 1.11. The molecule has 4 nitrogen and oxygen atoms in total. The van der Waals surface area contributed by atoms with Crippen molar-refractivity contribution in [3.8, 4) is 0 Å². The summed E-state index contributed by atoms with van der Waals surface area (Å²) in [6, 6.07) is 0.912. The number of Topliss-reactive ketones (excluding diaryl/α,β-unsaturated/α-hetero) is 1. The van der Waals surface area contributed by atoms with Crippen molar-refractivity contribution in [3.63, 3.8) is 0 Å². The molecule has 2 fully saturated rings. The monoisotopic (exact) mass is 378 g/mol. The maximum Gasteiger partial charge on any atom is 0.223 e. The molecule has 0 heterocycles. The van der Waals surface area contributed by atoms with E-state index in [0.29, 0.717) is 17.9 Å². The first-order valence-electron chi connectivity index (χ1n) is 11.4. The molecule has 2 N–H and O–H groups in total. The van der Waals surface area contributed by atoms with Crippen molar-refractivity contribution in [1.82, 2.24) is 10.6 Å². The van der Waals surface area contributed by atoms with Crippen molar-refractivity contribution in [2.75, 3.05) is 0 Å². The Balaban J connectivity index is 1.71. The molecular weight excluding hydrogens is 336 g/mol. The first kappa shape index (κ1) is 22.4. The molecule has 0 aliphatic heterocycles. The average Bonchev–Trinajstić information content (AvgIpc) is 2.68. The highest BCUT2D eigenvalue weighted by atomic mass is 16.2. The SMILES string of the molecule is CCC(C)C(=O)C1CCC(C(=O)NC2CCC(NC(C)(C)CC)CC2)CC1. The molecule has 0 spiro atoms. The number of rotatable bonds is 8. The van der Waals surface area contributed by atoms with Gasteiger partial charge >= 0.3 is 0 Å². The van der Waals surface area contributed by atoms with Crippen LogP contribution in [0.4, 0.5) is 0 Å². The van der Waals surface area contributed by atoms with Crippen LogP contribution in [0.5, 0.6) is 0 Å². The number of nitrogens with one attached hydrogen (secondary N) is 2. The molecule has 27 heavy (non-hydrogen) atoms. The van der Waals surface area contributed by atoms with E-state index in [0.717, 1.165) is 64.2 Å². The van der Waals surface area contributed by atoms with Crippen LogP contribution in [0.3, 0.4) is 0 Å². The van der Waals surface area contributed by atoms with Crippen LogP contribution in [0, 0.1) is 17.8 Å². The second-order valence-corrected chi connectivity index (χ2v) is 9.70. The van der Waals surface area contributed by atoms with Crippen LogP contribution in [0.2, 0.25) is 0 Å². The van der Waals surface area contributed by atoms with E-state index in [4.69, 9.17) is 0 Å². The molecule has 1 amide bonds. The van der Waals surface area contributed by atoms with Gasteiger partial charge in [-0.25, -0.2) is 0 Å². The molecule has 2 aliphatic carbocycles. The standard InChI is InChI=1S/C23H42N2O2/c1-6-16(3)21(26)17-8-10-18(11-9-17)22(27)24-19-12-14-20(15-13-19)25-23(4,5)7-2/h16-20,25H,6-15H2,1-5H3,(H,24,27). The Morgan fingerprint density at radius 2 is 1.41 bits per heavy atom. The van der Waals surface area contributed by atoms with E-state index in [9.17, 15) is 9.59 Å². The maximum atomic E-state index is 12.7. The van der Waals surface area contributed by atoms with Crippen LogP contribution in [0.25, 0.3) is 0 Å². The summed E-state index contributed by atoms with van der Waals surface area (Å²) >= 11 is 0. The Bertz CT molecular complexity index is 487. The van der Waals surface area contributed by atoms with Crippen LogP contribution < -0.4 is 10.6 Å². The Hall–Kier alpha value is -0.900. The van der Waals surface area contributed by atoms with Gasteiger partial charge in [0.05, 0.1) is 0 Å². The molecule has 0 bridgehead atoms. The van der Waals surface area contributed by atoms with Crippen molar-refractivity contribution in [3.05, 3.63) is 0 Å². The predicted octanol–water partition coefficient (Wildman–Crippen LogP) is 4.61. The summed E-state index contributed by atoms with van der Waals surface area (Å²) in [5.41, 5.74) is 0.200. The van der Waals surface area contributed by atoms with E-state index in [2.05, 4.69) is 38.3 Å². The van der Waals surface area contributed by atoms with Gasteiger partial charge in [-0.2, -0.15) is 0 Å². The van der Waals surface area contributed by atoms with Gasteiger partial charge in [-0.05, 0) is 78.1 Å². The number of carbonyl (C=O) groups is 2. The lowest BCUT2D eigenvalue weighted by Gasteiger charge is -2.36. The third-order valence-electron chi connectivity index (χ3n) is 7.15. The van der Waals surface area contributed by atoms with Crippen molar-refractivity contribution >= 4 is 11.7 Å². The summed E-state index contributed by atoms with van der Waals surface area (Å²) in [4.78, 5) is 25.0. The minimum absolute atomic E-state index is 0.112. The van der Waals surface area contributed by atoms with Crippen LogP contribution in [0.15, 0.2) is 0 Å². The van der Waals surface area contributed by atoms with Crippen LogP contribution in [-0.4, -0.2) is 29.3 Å². The van der Waals surface area contributed by atoms with E-state index < -0.39 is 0 Å². The molecule has 1 unspecified atom stereocenters. The van der Waals surface area contributed by atoms with Gasteiger partial charge in [0.25, 0.3) is 0 Å². The second kappa shape index (κ2) is 10.0. The number of amides is 1. The van der Waals surface area contributed by atoms with Gasteiger partial charge in [0, 0.05) is 35.4 Å². The Morgan fingerprint density at radius 3 is 1.93 bits per heavy atom. The molecule has 0 aromatic carbocycles. The molecule has 2 rings (SSSR count). The number of ketones is 1. The lowest BCUT2D eigenvalue weighted by atomic mass is 9.76. The summed E-state index contributed by atoms with van der Waals surface area (Å²) < 4.78 is 0. The molecule has 1 atom stereocenters. The Kier molecular flexibility index (Phi) is 8.33. The minimum Gasteiger partial charge on any atom is -0.353 e. The van der Waals surface area contributed by atoms with Crippen molar-refractivity contribution < 1.29 is 9.59 Å². The average molecular weight is 379 g/mol. The molecule has 2 aliphatic rings. The van der Waals surface area contributed by atoms with E-state index in [1.165, 1.54) is 0 Å². The second-order valence-electron chi connectivity index (χ2n) is 9.70.